The normalized spacial score (nSPS) is 14.8. The third kappa shape index (κ3) is 3.76. The minimum Gasteiger partial charge on any atom is -0.356 e. The molecule has 1 aliphatic rings. The maximum atomic E-state index is 12.4. The van der Waals surface area contributed by atoms with Gasteiger partial charge in [0.05, 0.1) is 12.1 Å². The van der Waals surface area contributed by atoms with Gasteiger partial charge in [0.2, 0.25) is 11.8 Å². The number of rotatable bonds is 3. The van der Waals surface area contributed by atoms with E-state index in [1.165, 1.54) is 0 Å². The van der Waals surface area contributed by atoms with Crippen LogP contribution in [-0.2, 0) is 16.0 Å². The molecule has 0 radical (unpaired) electrons. The summed E-state index contributed by atoms with van der Waals surface area (Å²) in [5.74, 6) is 0.649. The molecule has 1 saturated heterocycles. The fourth-order valence-corrected chi connectivity index (χ4v) is 2.81. The Kier molecular flexibility index (Phi) is 4.85. The number of hydrogen-bond donors (Lipinski definition) is 0. The van der Waals surface area contributed by atoms with Crippen LogP contribution < -0.4 is 0 Å². The number of amides is 2. The van der Waals surface area contributed by atoms with Crippen molar-refractivity contribution >= 4 is 23.4 Å². The summed E-state index contributed by atoms with van der Waals surface area (Å²) < 4.78 is 5.31. The molecule has 2 aromatic rings. The zero-order chi connectivity index (χ0) is 17.1. The summed E-state index contributed by atoms with van der Waals surface area (Å²) in [5, 5.41) is 4.62. The molecule has 0 unspecified atom stereocenters. The Morgan fingerprint density at radius 3 is 2.38 bits per heavy atom. The lowest BCUT2D eigenvalue weighted by Crippen LogP contribution is -2.50. The van der Waals surface area contributed by atoms with Crippen molar-refractivity contribution in [1.82, 2.24) is 15.0 Å². The van der Waals surface area contributed by atoms with E-state index in [4.69, 9.17) is 16.1 Å². The van der Waals surface area contributed by atoms with Gasteiger partial charge in [-0.25, -0.2) is 0 Å². The molecular weight excluding hydrogens is 330 g/mol. The van der Waals surface area contributed by atoms with Gasteiger partial charge in [-0.05, 0) is 24.3 Å². The highest BCUT2D eigenvalue weighted by Crippen LogP contribution is 2.22. The van der Waals surface area contributed by atoms with Crippen LogP contribution in [0.2, 0.25) is 5.02 Å². The third-order valence-corrected chi connectivity index (χ3v) is 4.35. The maximum Gasteiger partial charge on any atom is 0.228 e. The molecule has 1 aromatic carbocycles. The molecule has 0 N–H and O–H groups in total. The molecule has 126 valence electrons. The first-order valence-corrected chi connectivity index (χ1v) is 8.15. The molecule has 3 rings (SSSR count). The van der Waals surface area contributed by atoms with Crippen LogP contribution in [0.4, 0.5) is 0 Å². The van der Waals surface area contributed by atoms with E-state index in [9.17, 15) is 9.59 Å². The monoisotopic (exact) mass is 347 g/mol. The molecule has 1 fully saturated rings. The smallest absolute Gasteiger partial charge is 0.228 e. The van der Waals surface area contributed by atoms with Crippen LogP contribution in [0.1, 0.15) is 12.6 Å². The Balaban J connectivity index is 1.59. The van der Waals surface area contributed by atoms with E-state index in [2.05, 4.69) is 5.16 Å². The van der Waals surface area contributed by atoms with E-state index in [0.29, 0.717) is 42.7 Å². The highest BCUT2D eigenvalue weighted by atomic mass is 35.5. The van der Waals surface area contributed by atoms with Gasteiger partial charge in [-0.3, -0.25) is 9.59 Å². The number of benzene rings is 1. The molecule has 0 bridgehead atoms. The lowest BCUT2D eigenvalue weighted by atomic mass is 10.1. The largest absolute Gasteiger partial charge is 0.356 e. The van der Waals surface area contributed by atoms with Crippen molar-refractivity contribution in [2.75, 3.05) is 26.2 Å². The van der Waals surface area contributed by atoms with Crippen molar-refractivity contribution in [3.8, 4) is 11.3 Å². The lowest BCUT2D eigenvalue weighted by Gasteiger charge is -2.34. The van der Waals surface area contributed by atoms with Gasteiger partial charge in [0.1, 0.15) is 0 Å². The fraction of sp³-hybridized carbons (Fsp3) is 0.353. The third-order valence-electron chi connectivity index (χ3n) is 4.10. The molecule has 7 heteroatoms. The second-order valence-electron chi connectivity index (χ2n) is 5.75. The number of piperazine rings is 1. The molecule has 6 nitrogen and oxygen atoms in total. The van der Waals surface area contributed by atoms with Gasteiger partial charge in [0.25, 0.3) is 0 Å². The van der Waals surface area contributed by atoms with E-state index < -0.39 is 0 Å². The molecule has 24 heavy (non-hydrogen) atoms. The van der Waals surface area contributed by atoms with Gasteiger partial charge in [-0.1, -0.05) is 16.8 Å². The number of aromatic nitrogens is 1. The van der Waals surface area contributed by atoms with Gasteiger partial charge in [0.15, 0.2) is 5.76 Å². The summed E-state index contributed by atoms with van der Waals surface area (Å²) in [7, 11) is 0. The topological polar surface area (TPSA) is 66.7 Å². The Morgan fingerprint density at radius 1 is 1.12 bits per heavy atom. The number of carbonyl (C=O) groups excluding carboxylic acids is 2. The summed E-state index contributed by atoms with van der Waals surface area (Å²) in [4.78, 5) is 27.2. The SMILES string of the molecule is CC(=O)N1CCN(C(=O)Cc2cc(-c3ccc(Cl)cc3)on2)CC1. The second-order valence-corrected chi connectivity index (χ2v) is 6.19. The van der Waals surface area contributed by atoms with Gasteiger partial charge >= 0.3 is 0 Å². The molecule has 0 saturated carbocycles. The van der Waals surface area contributed by atoms with Crippen molar-refractivity contribution < 1.29 is 14.1 Å². The van der Waals surface area contributed by atoms with Crippen LogP contribution in [0.25, 0.3) is 11.3 Å². The van der Waals surface area contributed by atoms with Gasteiger partial charge in [-0.15, -0.1) is 0 Å². The first-order chi connectivity index (χ1) is 11.5. The number of nitrogens with zero attached hydrogens (tertiary/aromatic N) is 3. The zero-order valence-electron chi connectivity index (χ0n) is 13.4. The fourth-order valence-electron chi connectivity index (χ4n) is 2.68. The quantitative estimate of drug-likeness (QED) is 0.854. The molecular formula is C17H18ClN3O3. The van der Waals surface area contributed by atoms with E-state index in [1.807, 2.05) is 12.1 Å². The van der Waals surface area contributed by atoms with E-state index in [0.717, 1.165) is 5.56 Å². The van der Waals surface area contributed by atoms with Crippen molar-refractivity contribution in [2.45, 2.75) is 13.3 Å². The molecule has 0 aliphatic carbocycles. The minimum atomic E-state index is -0.00541. The Morgan fingerprint density at radius 2 is 1.75 bits per heavy atom. The van der Waals surface area contributed by atoms with Crippen LogP contribution in [0.15, 0.2) is 34.9 Å². The Hall–Kier alpha value is -2.34. The molecule has 0 atom stereocenters. The standard InChI is InChI=1S/C17H18ClN3O3/c1-12(22)20-6-8-21(9-7-20)17(23)11-15-10-16(24-19-15)13-2-4-14(18)5-3-13/h2-5,10H,6-9,11H2,1H3. The average Bonchev–Trinajstić information content (AvgIpc) is 3.04. The molecule has 2 heterocycles. The zero-order valence-corrected chi connectivity index (χ0v) is 14.1. The minimum absolute atomic E-state index is 0.00541. The van der Waals surface area contributed by atoms with Gasteiger partial charge in [-0.2, -0.15) is 0 Å². The molecule has 2 amide bonds. The predicted octanol–water partition coefficient (Wildman–Crippen LogP) is 2.23. The van der Waals surface area contributed by atoms with Crippen LogP contribution in [-0.4, -0.2) is 52.9 Å². The number of carbonyl (C=O) groups is 2. The van der Waals surface area contributed by atoms with E-state index >= 15 is 0 Å². The predicted molar refractivity (Wildman–Crippen MR) is 89.5 cm³/mol. The summed E-state index contributed by atoms with van der Waals surface area (Å²) in [6.07, 6.45) is 0.192. The average molecular weight is 348 g/mol. The summed E-state index contributed by atoms with van der Waals surface area (Å²) in [6, 6.07) is 9.01. The Bertz CT molecular complexity index is 734. The maximum absolute atomic E-state index is 12.4. The lowest BCUT2D eigenvalue weighted by molar-refractivity contribution is -0.138. The summed E-state index contributed by atoms with van der Waals surface area (Å²) in [6.45, 7) is 3.82. The first-order valence-electron chi connectivity index (χ1n) is 7.78. The van der Waals surface area contributed by atoms with Crippen LogP contribution >= 0.6 is 11.6 Å². The summed E-state index contributed by atoms with van der Waals surface area (Å²) in [5.41, 5.74) is 1.46. The Labute approximate surface area is 145 Å². The molecule has 1 aliphatic heterocycles. The summed E-state index contributed by atoms with van der Waals surface area (Å²) >= 11 is 5.87. The van der Waals surface area contributed by atoms with Gasteiger partial charge in [0, 0.05) is 49.8 Å². The van der Waals surface area contributed by atoms with Crippen LogP contribution in [0.3, 0.4) is 0 Å². The first kappa shape index (κ1) is 16.5. The van der Waals surface area contributed by atoms with Crippen molar-refractivity contribution in [1.29, 1.82) is 0 Å². The van der Waals surface area contributed by atoms with Gasteiger partial charge < -0.3 is 14.3 Å². The van der Waals surface area contributed by atoms with Crippen molar-refractivity contribution in [3.63, 3.8) is 0 Å². The van der Waals surface area contributed by atoms with Crippen molar-refractivity contribution in [2.24, 2.45) is 0 Å². The van der Waals surface area contributed by atoms with Crippen LogP contribution in [0.5, 0.6) is 0 Å². The van der Waals surface area contributed by atoms with Crippen molar-refractivity contribution in [3.05, 3.63) is 41.0 Å². The highest BCUT2D eigenvalue weighted by molar-refractivity contribution is 6.30. The number of hydrogen-bond acceptors (Lipinski definition) is 4. The van der Waals surface area contributed by atoms with E-state index in [-0.39, 0.29) is 18.2 Å². The molecule has 0 spiro atoms. The van der Waals surface area contributed by atoms with Crippen LogP contribution in [0, 0.1) is 0 Å². The molecule has 1 aromatic heterocycles. The second kappa shape index (κ2) is 7.05. The number of halogens is 1. The highest BCUT2D eigenvalue weighted by Gasteiger charge is 2.23. The van der Waals surface area contributed by atoms with E-state index in [1.54, 1.807) is 34.9 Å².